The minimum absolute atomic E-state index is 0.501. The van der Waals surface area contributed by atoms with Gasteiger partial charge in [0, 0.05) is 6.54 Å². The minimum Gasteiger partial charge on any atom is -0.174 e. The van der Waals surface area contributed by atoms with E-state index in [2.05, 4.69) is 0 Å². The molecule has 0 atom stereocenters. The Bertz CT molecular complexity index is 153. The van der Waals surface area contributed by atoms with Crippen LogP contribution in [-0.4, -0.2) is 19.5 Å². The SMILES string of the molecule is CCN(F)S(=O)(=O)F. The van der Waals surface area contributed by atoms with Gasteiger partial charge in [-0.2, -0.15) is 8.42 Å². The van der Waals surface area contributed by atoms with E-state index in [0.717, 1.165) is 0 Å². The molecule has 50 valence electrons. The molecule has 0 rings (SSSR count). The molecule has 6 heteroatoms. The van der Waals surface area contributed by atoms with Gasteiger partial charge >= 0.3 is 10.4 Å². The number of hydrogen-bond donors (Lipinski definition) is 0. The summed E-state index contributed by atoms with van der Waals surface area (Å²) in [6, 6.07) is 0. The van der Waals surface area contributed by atoms with Gasteiger partial charge in [0.25, 0.3) is 0 Å². The van der Waals surface area contributed by atoms with E-state index in [1.165, 1.54) is 6.92 Å². The van der Waals surface area contributed by atoms with Crippen molar-refractivity contribution >= 4 is 10.4 Å². The summed E-state index contributed by atoms with van der Waals surface area (Å²) in [6.07, 6.45) is 0. The van der Waals surface area contributed by atoms with Crippen LogP contribution in [0.2, 0.25) is 0 Å². The summed E-state index contributed by atoms with van der Waals surface area (Å²) in [5, 5.41) is 0. The Morgan fingerprint density at radius 2 is 2.00 bits per heavy atom. The first kappa shape index (κ1) is 7.77. The van der Waals surface area contributed by atoms with Crippen LogP contribution in [0.3, 0.4) is 0 Å². The topological polar surface area (TPSA) is 37.4 Å². The number of halogens is 2. The maximum Gasteiger partial charge on any atom is 0.401 e. The maximum absolute atomic E-state index is 11.5. The van der Waals surface area contributed by atoms with Crippen molar-refractivity contribution < 1.29 is 16.8 Å². The summed E-state index contributed by atoms with van der Waals surface area (Å²) < 4.78 is 40.8. The summed E-state index contributed by atoms with van der Waals surface area (Å²) in [5.74, 6) is 0. The summed E-state index contributed by atoms with van der Waals surface area (Å²) >= 11 is 0. The molecule has 0 aliphatic rings. The average Bonchev–Trinajstić information content (AvgIpc) is 1.62. The fraction of sp³-hybridized carbons (Fsp3) is 1.00. The van der Waals surface area contributed by atoms with E-state index >= 15 is 0 Å². The van der Waals surface area contributed by atoms with E-state index in [9.17, 15) is 16.8 Å². The molecule has 0 heterocycles. The van der Waals surface area contributed by atoms with Gasteiger partial charge in [-0.25, -0.2) is 0 Å². The van der Waals surface area contributed by atoms with Crippen molar-refractivity contribution in [1.29, 1.82) is 0 Å². The van der Waals surface area contributed by atoms with E-state index in [4.69, 9.17) is 0 Å². The third kappa shape index (κ3) is 2.17. The van der Waals surface area contributed by atoms with Crippen LogP contribution in [-0.2, 0) is 10.4 Å². The summed E-state index contributed by atoms with van der Waals surface area (Å²) in [6.45, 7) is 0.677. The lowest BCUT2D eigenvalue weighted by molar-refractivity contribution is 0.138. The molecule has 0 fully saturated rings. The van der Waals surface area contributed by atoms with Gasteiger partial charge in [0.1, 0.15) is 0 Å². The van der Waals surface area contributed by atoms with Gasteiger partial charge in [0.2, 0.25) is 0 Å². The molecule has 0 aliphatic carbocycles. The molecule has 0 spiro atoms. The number of rotatable bonds is 2. The first-order valence-electron chi connectivity index (χ1n) is 1.86. The Morgan fingerprint density at radius 1 is 1.62 bits per heavy atom. The molecule has 0 radical (unpaired) electrons. The molecule has 0 aromatic rings. The zero-order valence-corrected chi connectivity index (χ0v) is 4.95. The Labute approximate surface area is 46.2 Å². The standard InChI is InChI=1S/C2H5F2NO2S/c1-2-5(3)8(4,6)7/h2H2,1H3. The highest BCUT2D eigenvalue weighted by molar-refractivity contribution is 7.83. The van der Waals surface area contributed by atoms with Gasteiger partial charge in [0.15, 0.2) is 0 Å². The van der Waals surface area contributed by atoms with Crippen LogP contribution in [0, 0.1) is 0 Å². The molecule has 0 aromatic carbocycles. The minimum atomic E-state index is -5.09. The first-order chi connectivity index (χ1) is 3.48. The zero-order chi connectivity index (χ0) is 6.78. The van der Waals surface area contributed by atoms with E-state index in [1.807, 2.05) is 0 Å². The van der Waals surface area contributed by atoms with Crippen molar-refractivity contribution in [2.75, 3.05) is 6.54 Å². The predicted molar refractivity (Wildman–Crippen MR) is 23.5 cm³/mol. The van der Waals surface area contributed by atoms with Crippen LogP contribution in [0.15, 0.2) is 0 Å². The van der Waals surface area contributed by atoms with E-state index < -0.39 is 21.5 Å². The third-order valence-electron chi connectivity index (χ3n) is 0.485. The Balaban J connectivity index is 4.04. The third-order valence-corrected chi connectivity index (χ3v) is 1.22. The lowest BCUT2D eigenvalue weighted by Crippen LogP contribution is -2.17. The van der Waals surface area contributed by atoms with Crippen molar-refractivity contribution in [3.8, 4) is 0 Å². The second-order valence-electron chi connectivity index (χ2n) is 1.05. The van der Waals surface area contributed by atoms with Crippen molar-refractivity contribution in [2.45, 2.75) is 6.92 Å². The Hall–Kier alpha value is -0.230. The molecular weight excluding hydrogens is 140 g/mol. The van der Waals surface area contributed by atoms with Crippen LogP contribution in [0.1, 0.15) is 6.92 Å². The Morgan fingerprint density at radius 3 is 2.00 bits per heavy atom. The Kier molecular flexibility index (Phi) is 2.29. The second kappa shape index (κ2) is 2.36. The molecule has 0 saturated heterocycles. The fourth-order valence-electron chi connectivity index (χ4n) is 0.154. The van der Waals surface area contributed by atoms with Crippen LogP contribution in [0.25, 0.3) is 0 Å². The van der Waals surface area contributed by atoms with E-state index in [0.29, 0.717) is 0 Å². The monoisotopic (exact) mass is 145 g/mol. The van der Waals surface area contributed by atoms with Crippen molar-refractivity contribution in [1.82, 2.24) is 4.53 Å². The quantitative estimate of drug-likeness (QED) is 0.417. The molecular formula is C2H5F2NO2S. The molecule has 0 aromatic heterocycles. The zero-order valence-electron chi connectivity index (χ0n) is 4.13. The van der Waals surface area contributed by atoms with Crippen LogP contribution in [0.4, 0.5) is 8.37 Å². The highest BCUT2D eigenvalue weighted by Gasteiger charge is 2.16. The molecule has 0 saturated carbocycles. The van der Waals surface area contributed by atoms with Gasteiger partial charge in [-0.05, 0) is 11.5 Å². The fourth-order valence-corrected chi connectivity index (χ4v) is 0.463. The smallest absolute Gasteiger partial charge is 0.174 e. The largest absolute Gasteiger partial charge is 0.401 e. The lowest BCUT2D eigenvalue weighted by Gasteiger charge is -1.98. The summed E-state index contributed by atoms with van der Waals surface area (Å²) in [4.78, 5) is 0. The maximum atomic E-state index is 11.5. The van der Waals surface area contributed by atoms with Gasteiger partial charge in [-0.15, -0.1) is 4.48 Å². The van der Waals surface area contributed by atoms with Crippen LogP contribution in [0.5, 0.6) is 0 Å². The van der Waals surface area contributed by atoms with Crippen molar-refractivity contribution in [2.24, 2.45) is 0 Å². The van der Waals surface area contributed by atoms with Crippen LogP contribution < -0.4 is 0 Å². The molecule has 8 heavy (non-hydrogen) atoms. The van der Waals surface area contributed by atoms with Gasteiger partial charge < -0.3 is 0 Å². The van der Waals surface area contributed by atoms with Gasteiger partial charge in [0.05, 0.1) is 0 Å². The molecule has 0 N–H and O–H groups in total. The number of hydrogen-bond acceptors (Lipinski definition) is 2. The first-order valence-corrected chi connectivity index (χ1v) is 3.20. The van der Waals surface area contributed by atoms with Crippen molar-refractivity contribution in [3.05, 3.63) is 0 Å². The summed E-state index contributed by atoms with van der Waals surface area (Å²) in [7, 11) is -5.09. The van der Waals surface area contributed by atoms with E-state index in [1.54, 1.807) is 0 Å². The molecule has 3 nitrogen and oxygen atoms in total. The highest BCUT2D eigenvalue weighted by atomic mass is 32.3. The molecule has 0 aliphatic heterocycles. The number of nitrogens with zero attached hydrogens (tertiary/aromatic N) is 1. The van der Waals surface area contributed by atoms with E-state index in [-0.39, 0.29) is 0 Å². The van der Waals surface area contributed by atoms with Gasteiger partial charge in [-0.1, -0.05) is 3.89 Å². The molecule has 0 unspecified atom stereocenters. The summed E-state index contributed by atoms with van der Waals surface area (Å²) in [5.41, 5.74) is 0. The van der Waals surface area contributed by atoms with Crippen LogP contribution >= 0.6 is 0 Å². The van der Waals surface area contributed by atoms with Crippen molar-refractivity contribution in [3.63, 3.8) is 0 Å². The molecule has 0 bridgehead atoms. The highest BCUT2D eigenvalue weighted by Crippen LogP contribution is 2.00. The lowest BCUT2D eigenvalue weighted by atomic mass is 10.8. The molecule has 0 amide bonds. The normalized spacial score (nSPS) is 12.5. The predicted octanol–water partition coefficient (Wildman–Crippen LogP) is 0.407. The van der Waals surface area contributed by atoms with Gasteiger partial charge in [-0.3, -0.25) is 0 Å². The average molecular weight is 145 g/mol. The second-order valence-corrected chi connectivity index (χ2v) is 2.27.